The van der Waals surface area contributed by atoms with Gasteiger partial charge in [0.25, 0.3) is 0 Å². The number of hydrogen-bond donors (Lipinski definition) is 2. The van der Waals surface area contributed by atoms with Crippen LogP contribution in [0.3, 0.4) is 0 Å². The van der Waals surface area contributed by atoms with E-state index in [1.165, 1.54) is 5.69 Å². The van der Waals surface area contributed by atoms with Gasteiger partial charge in [-0.2, -0.15) is 13.2 Å². The van der Waals surface area contributed by atoms with Gasteiger partial charge in [0, 0.05) is 61.2 Å². The van der Waals surface area contributed by atoms with Gasteiger partial charge >= 0.3 is 12.2 Å². The molecule has 0 unspecified atom stereocenters. The number of aryl methyl sites for hydroxylation is 2. The van der Waals surface area contributed by atoms with Gasteiger partial charge in [-0.05, 0) is 107 Å². The maximum Gasteiger partial charge on any atom is 0.405 e. The summed E-state index contributed by atoms with van der Waals surface area (Å²) in [6, 6.07) is 9.81. The van der Waals surface area contributed by atoms with E-state index < -0.39 is 18.8 Å². The number of aromatic nitrogens is 8. The minimum absolute atomic E-state index is 0.369. The zero-order chi connectivity index (χ0) is 37.1. The monoisotopic (exact) mass is 882 g/mol. The standard InChI is InChI=1S/C22H21F3N6O.C6H9BrN2.C5H6Br2N2/c1-13-20(28-14(2)30(13)3)16-7-8-31-18(11-26-19(31)10-16)15-5-4-6-17(9-15)29-21(32)27-12-22(23,24)25;1-4-6(7)8-5(2)9(4)3;1-3-4(6)8-5(7)9(3)2/h4-11H,12H2,1-3H3,(H2,27,29,32);1-3H3;1-2H3. The Bertz CT molecular complexity index is 2050. The molecule has 6 rings (SSSR count). The number of imidazole rings is 4. The van der Waals surface area contributed by atoms with Gasteiger partial charge < -0.3 is 24.3 Å². The Morgan fingerprint density at radius 3 is 1.90 bits per heavy atom. The number of halogens is 6. The Morgan fingerprint density at radius 1 is 0.800 bits per heavy atom. The second-order valence-corrected chi connectivity index (χ2v) is 13.6. The van der Waals surface area contributed by atoms with E-state index in [4.69, 9.17) is 0 Å². The van der Waals surface area contributed by atoms with E-state index in [9.17, 15) is 18.0 Å². The lowest BCUT2D eigenvalue weighted by atomic mass is 10.1. The Morgan fingerprint density at radius 2 is 1.42 bits per heavy atom. The number of carbonyl (C=O) groups is 1. The summed E-state index contributed by atoms with van der Waals surface area (Å²) in [5.74, 6) is 1.96. The number of nitrogens with one attached hydrogen (secondary N) is 2. The van der Waals surface area contributed by atoms with Crippen molar-refractivity contribution in [2.75, 3.05) is 11.9 Å². The molecule has 11 nitrogen and oxygen atoms in total. The number of hydrogen-bond acceptors (Lipinski definition) is 5. The molecule has 2 N–H and O–H groups in total. The van der Waals surface area contributed by atoms with Gasteiger partial charge in [-0.1, -0.05) is 12.1 Å². The summed E-state index contributed by atoms with van der Waals surface area (Å²) in [5.41, 5.74) is 7.83. The number of anilines is 1. The van der Waals surface area contributed by atoms with Crippen LogP contribution in [0, 0.1) is 34.6 Å². The van der Waals surface area contributed by atoms with E-state index in [-0.39, 0.29) is 0 Å². The first-order chi connectivity index (χ1) is 23.4. The van der Waals surface area contributed by atoms with Crippen molar-refractivity contribution in [3.63, 3.8) is 0 Å². The molecule has 0 bridgehead atoms. The summed E-state index contributed by atoms with van der Waals surface area (Å²) in [6.45, 7) is 8.58. The number of benzene rings is 1. The predicted molar refractivity (Wildman–Crippen MR) is 199 cm³/mol. The normalized spacial score (nSPS) is 11.2. The summed E-state index contributed by atoms with van der Waals surface area (Å²) in [5, 5.41) is 4.21. The van der Waals surface area contributed by atoms with Crippen LogP contribution >= 0.6 is 47.8 Å². The molecule has 17 heteroatoms. The summed E-state index contributed by atoms with van der Waals surface area (Å²) in [4.78, 5) is 29.2. The van der Waals surface area contributed by atoms with Crippen LogP contribution in [0.25, 0.3) is 28.2 Å². The molecule has 0 aliphatic carbocycles. The molecule has 0 saturated carbocycles. The van der Waals surface area contributed by atoms with Crippen LogP contribution in [0.2, 0.25) is 0 Å². The number of nitrogens with zero attached hydrogens (tertiary/aromatic N) is 8. The third-order valence-electron chi connectivity index (χ3n) is 8.07. The second kappa shape index (κ2) is 15.9. The molecule has 0 radical (unpaired) electrons. The smallest absolute Gasteiger partial charge is 0.335 e. The molecule has 0 aliphatic rings. The fourth-order valence-corrected chi connectivity index (χ4v) is 6.28. The highest BCUT2D eigenvalue weighted by Crippen LogP contribution is 2.28. The van der Waals surface area contributed by atoms with E-state index >= 15 is 0 Å². The van der Waals surface area contributed by atoms with Gasteiger partial charge in [0.15, 0.2) is 4.73 Å². The molecule has 5 aromatic heterocycles. The number of urea groups is 1. The molecule has 0 aliphatic heterocycles. The highest BCUT2D eigenvalue weighted by molar-refractivity contribution is 9.11. The maximum absolute atomic E-state index is 12.3. The summed E-state index contributed by atoms with van der Waals surface area (Å²) in [6.07, 6.45) is -0.869. The Kier molecular flexibility index (Phi) is 12.4. The van der Waals surface area contributed by atoms with Crippen molar-refractivity contribution < 1.29 is 18.0 Å². The fourth-order valence-electron chi connectivity index (χ4n) is 4.64. The predicted octanol–water partition coefficient (Wildman–Crippen LogP) is 8.76. The zero-order valence-electron chi connectivity index (χ0n) is 28.6. The van der Waals surface area contributed by atoms with Gasteiger partial charge in [0.1, 0.15) is 33.0 Å². The van der Waals surface area contributed by atoms with E-state index in [0.29, 0.717) is 5.69 Å². The third-order valence-corrected chi connectivity index (χ3v) is 10.3. The number of amides is 2. The van der Waals surface area contributed by atoms with Crippen LogP contribution < -0.4 is 10.6 Å². The van der Waals surface area contributed by atoms with Gasteiger partial charge in [-0.3, -0.25) is 4.40 Å². The molecular formula is C33H36Br3F3N10O. The van der Waals surface area contributed by atoms with Crippen molar-refractivity contribution in [3.05, 3.63) is 91.5 Å². The zero-order valence-corrected chi connectivity index (χ0v) is 33.3. The van der Waals surface area contributed by atoms with Crippen molar-refractivity contribution in [1.82, 2.24) is 43.4 Å². The van der Waals surface area contributed by atoms with E-state index in [1.54, 1.807) is 29.7 Å². The lowest BCUT2D eigenvalue weighted by Crippen LogP contribution is -2.36. The largest absolute Gasteiger partial charge is 0.405 e. The average molecular weight is 885 g/mol. The van der Waals surface area contributed by atoms with Crippen LogP contribution in [0.15, 0.2) is 62.7 Å². The minimum atomic E-state index is -4.47. The van der Waals surface area contributed by atoms with E-state index in [0.717, 1.165) is 65.1 Å². The first-order valence-corrected chi connectivity index (χ1v) is 17.4. The summed E-state index contributed by atoms with van der Waals surface area (Å²) < 4.78 is 47.5. The molecule has 2 amide bonds. The topological polar surface area (TPSA) is 112 Å². The number of pyridine rings is 1. The quantitative estimate of drug-likeness (QED) is 0.184. The fraction of sp³-hybridized carbons (Fsp3) is 0.303. The van der Waals surface area contributed by atoms with Crippen LogP contribution in [-0.4, -0.2) is 56.8 Å². The van der Waals surface area contributed by atoms with Crippen molar-refractivity contribution >= 4 is 65.2 Å². The molecule has 0 saturated heterocycles. The molecular weight excluding hydrogens is 849 g/mol. The lowest BCUT2D eigenvalue weighted by Gasteiger charge is -2.11. The van der Waals surface area contributed by atoms with Crippen LogP contribution in [0.1, 0.15) is 28.7 Å². The molecule has 266 valence electrons. The molecule has 5 heterocycles. The van der Waals surface area contributed by atoms with Gasteiger partial charge in [0.2, 0.25) is 0 Å². The van der Waals surface area contributed by atoms with Crippen molar-refractivity contribution in [3.8, 4) is 22.5 Å². The molecule has 0 spiro atoms. The second-order valence-electron chi connectivity index (χ2n) is 11.4. The van der Waals surface area contributed by atoms with Crippen molar-refractivity contribution in [1.29, 1.82) is 0 Å². The molecule has 1 aromatic carbocycles. The van der Waals surface area contributed by atoms with Crippen LogP contribution in [0.5, 0.6) is 0 Å². The average Bonchev–Trinajstić information content (AvgIpc) is 3.74. The van der Waals surface area contributed by atoms with Crippen LogP contribution in [0.4, 0.5) is 23.7 Å². The number of rotatable bonds is 4. The SMILES string of the molecule is Cc1c(Br)nc(Br)n1C.Cc1nc(-c2ccn3c(-c4cccc(NC(=O)NCC(F)(F)F)c4)cnc3c2)c(C)n1C.Cc1nc(Br)c(C)n1C. The molecule has 50 heavy (non-hydrogen) atoms. The Labute approximate surface area is 312 Å². The van der Waals surface area contributed by atoms with Gasteiger partial charge in [-0.15, -0.1) is 0 Å². The van der Waals surface area contributed by atoms with Crippen molar-refractivity contribution in [2.24, 2.45) is 21.1 Å². The van der Waals surface area contributed by atoms with Crippen LogP contribution in [-0.2, 0) is 21.1 Å². The third kappa shape index (κ3) is 9.23. The first-order valence-electron chi connectivity index (χ1n) is 15.1. The molecule has 0 atom stereocenters. The minimum Gasteiger partial charge on any atom is -0.335 e. The number of carbonyl (C=O) groups excluding carboxylic acids is 1. The Balaban J connectivity index is 0.000000253. The van der Waals surface area contributed by atoms with Crippen molar-refractivity contribution in [2.45, 2.75) is 40.8 Å². The first kappa shape index (κ1) is 38.8. The van der Waals surface area contributed by atoms with E-state index in [2.05, 4.69) is 73.0 Å². The number of alkyl halides is 3. The van der Waals surface area contributed by atoms with Gasteiger partial charge in [-0.25, -0.2) is 24.7 Å². The lowest BCUT2D eigenvalue weighted by molar-refractivity contribution is -0.122. The van der Waals surface area contributed by atoms with E-state index in [1.807, 2.05) is 98.3 Å². The molecule has 0 fully saturated rings. The number of fused-ring (bicyclic) bond motifs is 1. The highest BCUT2D eigenvalue weighted by atomic mass is 79.9. The Hall–Kier alpha value is -3.96. The highest BCUT2D eigenvalue weighted by Gasteiger charge is 2.27. The maximum atomic E-state index is 12.3. The van der Waals surface area contributed by atoms with Gasteiger partial charge in [0.05, 0.1) is 17.6 Å². The summed E-state index contributed by atoms with van der Waals surface area (Å²) >= 11 is 9.93. The summed E-state index contributed by atoms with van der Waals surface area (Å²) in [7, 11) is 5.93. The molecule has 6 aromatic rings.